The number of carbonyl (C=O) groups is 1. The number of halogens is 1. The molecule has 0 radical (unpaired) electrons. The molecule has 4 nitrogen and oxygen atoms in total. The minimum atomic E-state index is -1.06. The van der Waals surface area contributed by atoms with E-state index in [1.165, 1.54) is 24.2 Å². The molecule has 0 bridgehead atoms. The first-order valence-corrected chi connectivity index (χ1v) is 8.09. The minimum Gasteiger partial charge on any atom is -0.323 e. The summed E-state index contributed by atoms with van der Waals surface area (Å²) in [4.78, 5) is 13.7. The van der Waals surface area contributed by atoms with E-state index in [4.69, 9.17) is 5.26 Å². The van der Waals surface area contributed by atoms with E-state index in [9.17, 15) is 9.18 Å². The highest BCUT2D eigenvalue weighted by atomic mass is 19.1. The third-order valence-corrected chi connectivity index (χ3v) is 5.63. The molecule has 0 aromatic heterocycles. The lowest BCUT2D eigenvalue weighted by molar-refractivity contribution is -0.130. The Hall–Kier alpha value is -1.15. The summed E-state index contributed by atoms with van der Waals surface area (Å²) >= 11 is 0. The Bertz CT molecular complexity index is 455. The second-order valence-corrected chi connectivity index (χ2v) is 7.30. The van der Waals surface area contributed by atoms with E-state index in [1.807, 2.05) is 6.07 Å². The average Bonchev–Trinajstić information content (AvgIpc) is 3.09. The van der Waals surface area contributed by atoms with Crippen molar-refractivity contribution in [2.45, 2.75) is 63.2 Å². The fourth-order valence-electron chi connectivity index (χ4n) is 4.61. The van der Waals surface area contributed by atoms with Crippen molar-refractivity contribution in [2.24, 2.45) is 11.8 Å². The summed E-state index contributed by atoms with van der Waals surface area (Å²) in [6.07, 6.45) is 5.37. The highest BCUT2D eigenvalue weighted by molar-refractivity contribution is 5.79. The first-order chi connectivity index (χ1) is 10.0. The van der Waals surface area contributed by atoms with Crippen molar-refractivity contribution in [3.05, 3.63) is 0 Å². The molecule has 5 heteroatoms. The largest absolute Gasteiger partial charge is 0.323 e. The molecule has 3 aliphatic rings. The zero-order chi connectivity index (χ0) is 15.0. The Morgan fingerprint density at radius 1 is 1.48 bits per heavy atom. The minimum absolute atomic E-state index is 0. The molecule has 2 unspecified atom stereocenters. The molecule has 21 heavy (non-hydrogen) atoms. The van der Waals surface area contributed by atoms with Gasteiger partial charge in [0.25, 0.3) is 0 Å². The van der Waals surface area contributed by atoms with Gasteiger partial charge < -0.3 is 10.2 Å². The summed E-state index contributed by atoms with van der Waals surface area (Å²) in [6, 6.07) is 1.44. The van der Waals surface area contributed by atoms with Gasteiger partial charge in [0.2, 0.25) is 5.91 Å². The zero-order valence-electron chi connectivity index (χ0n) is 12.6. The number of nitrogens with one attached hydrogen (secondary N) is 1. The van der Waals surface area contributed by atoms with Gasteiger partial charge in [-0.15, -0.1) is 0 Å². The molecule has 1 amide bonds. The third kappa shape index (κ3) is 2.91. The van der Waals surface area contributed by atoms with E-state index in [0.717, 1.165) is 24.7 Å². The van der Waals surface area contributed by atoms with Crippen LogP contribution in [0.1, 0.15) is 46.9 Å². The lowest BCUT2D eigenvalue weighted by Crippen LogP contribution is -2.48. The number of rotatable bonds is 3. The van der Waals surface area contributed by atoms with E-state index in [2.05, 4.69) is 12.2 Å². The number of carbonyl (C=O) groups excluding carboxylic acids is 1. The van der Waals surface area contributed by atoms with Gasteiger partial charge in [0.05, 0.1) is 19.2 Å². The third-order valence-electron chi connectivity index (χ3n) is 5.63. The van der Waals surface area contributed by atoms with Gasteiger partial charge in [0, 0.05) is 13.4 Å². The molecular formula is C16H26FN3O. The molecule has 5 atom stereocenters. The van der Waals surface area contributed by atoms with E-state index in [1.54, 1.807) is 0 Å². The van der Waals surface area contributed by atoms with Gasteiger partial charge in [-0.05, 0) is 31.6 Å². The maximum absolute atomic E-state index is 13.4. The van der Waals surface area contributed by atoms with Gasteiger partial charge in [0.1, 0.15) is 12.2 Å². The number of likely N-dealkylation sites (tertiary alicyclic amines) is 1. The van der Waals surface area contributed by atoms with E-state index >= 15 is 0 Å². The van der Waals surface area contributed by atoms with Gasteiger partial charge in [-0.1, -0.05) is 19.3 Å². The summed E-state index contributed by atoms with van der Waals surface area (Å²) in [6.45, 7) is 2.49. The summed E-state index contributed by atoms with van der Waals surface area (Å²) in [5.74, 6) is 1.48. The van der Waals surface area contributed by atoms with Gasteiger partial charge >= 0.3 is 0 Å². The van der Waals surface area contributed by atoms with Crippen LogP contribution in [0.4, 0.5) is 4.39 Å². The van der Waals surface area contributed by atoms with E-state index < -0.39 is 12.2 Å². The predicted molar refractivity (Wildman–Crippen MR) is 79.2 cm³/mol. The lowest BCUT2D eigenvalue weighted by atomic mass is 9.96. The topological polar surface area (TPSA) is 56.1 Å². The molecule has 118 valence electrons. The Balaban J connectivity index is 0.00000176. The van der Waals surface area contributed by atoms with Crippen LogP contribution in [0.5, 0.6) is 0 Å². The number of nitrogens with zero attached hydrogens (tertiary/aromatic N) is 2. The highest BCUT2D eigenvalue weighted by Gasteiger charge is 2.44. The standard InChI is InChI=1S/C16H24FN3O.H2/c1-16(6-11-3-2-4-12(11)7-16)19-9-15(21)20-10-13(17)5-14(20)8-18;/h11-14,19H,2-7,9-10H2,1H3;1H/t11-,12+,13-,14?,16?;/m0./s1. The van der Waals surface area contributed by atoms with Crippen molar-refractivity contribution in [1.82, 2.24) is 10.2 Å². The van der Waals surface area contributed by atoms with Crippen molar-refractivity contribution in [3.63, 3.8) is 0 Å². The predicted octanol–water partition coefficient (Wildman–Crippen LogP) is 2.25. The molecule has 1 N–H and O–H groups in total. The second kappa shape index (κ2) is 5.57. The molecular weight excluding hydrogens is 269 g/mol. The van der Waals surface area contributed by atoms with Crippen molar-refractivity contribution >= 4 is 5.91 Å². The average molecular weight is 295 g/mol. The zero-order valence-corrected chi connectivity index (χ0v) is 12.6. The maximum Gasteiger partial charge on any atom is 0.237 e. The van der Waals surface area contributed by atoms with Gasteiger partial charge in [-0.25, -0.2) is 4.39 Å². The van der Waals surface area contributed by atoms with Crippen LogP contribution in [0.3, 0.4) is 0 Å². The Morgan fingerprint density at radius 3 is 2.76 bits per heavy atom. The van der Waals surface area contributed by atoms with Crippen LogP contribution in [0.25, 0.3) is 0 Å². The van der Waals surface area contributed by atoms with Gasteiger partial charge in [0.15, 0.2) is 0 Å². The number of alkyl halides is 1. The van der Waals surface area contributed by atoms with Crippen LogP contribution >= 0.6 is 0 Å². The molecule has 1 saturated heterocycles. The number of hydrogen-bond acceptors (Lipinski definition) is 3. The molecule has 1 aliphatic heterocycles. The summed E-state index contributed by atoms with van der Waals surface area (Å²) in [5.41, 5.74) is 0.0302. The second-order valence-electron chi connectivity index (χ2n) is 7.30. The monoisotopic (exact) mass is 295 g/mol. The summed E-state index contributed by atoms with van der Waals surface area (Å²) in [5, 5.41) is 12.4. The SMILES string of the molecule is CC1(NCC(=O)N2C[C@@H](F)CC2C#N)C[C@H]2CCC[C@H]2C1.[HH]. The molecule has 2 aliphatic carbocycles. The van der Waals surface area contributed by atoms with Crippen LogP contribution in [0.15, 0.2) is 0 Å². The smallest absolute Gasteiger partial charge is 0.237 e. The fraction of sp³-hybridized carbons (Fsp3) is 0.875. The molecule has 0 spiro atoms. The first-order valence-electron chi connectivity index (χ1n) is 8.09. The quantitative estimate of drug-likeness (QED) is 0.869. The number of fused-ring (bicyclic) bond motifs is 1. The molecule has 1 heterocycles. The number of amides is 1. The van der Waals surface area contributed by atoms with Crippen LogP contribution in [-0.2, 0) is 4.79 Å². The maximum atomic E-state index is 13.4. The van der Waals surface area contributed by atoms with Crippen molar-refractivity contribution in [2.75, 3.05) is 13.1 Å². The number of hydrogen-bond donors (Lipinski definition) is 1. The lowest BCUT2D eigenvalue weighted by Gasteiger charge is -2.28. The Kier molecular flexibility index (Phi) is 3.92. The van der Waals surface area contributed by atoms with Crippen molar-refractivity contribution < 1.29 is 10.6 Å². The van der Waals surface area contributed by atoms with E-state index in [0.29, 0.717) is 0 Å². The van der Waals surface area contributed by atoms with Crippen LogP contribution in [0, 0.1) is 23.2 Å². The fourth-order valence-corrected chi connectivity index (χ4v) is 4.61. The molecule has 0 aromatic carbocycles. The molecule has 0 aromatic rings. The van der Waals surface area contributed by atoms with Crippen molar-refractivity contribution in [1.29, 1.82) is 5.26 Å². The van der Waals surface area contributed by atoms with Gasteiger partial charge in [-0.2, -0.15) is 5.26 Å². The molecule has 3 rings (SSSR count). The summed E-state index contributed by atoms with van der Waals surface area (Å²) in [7, 11) is 0. The summed E-state index contributed by atoms with van der Waals surface area (Å²) < 4.78 is 13.4. The number of nitriles is 1. The van der Waals surface area contributed by atoms with Crippen LogP contribution in [-0.4, -0.2) is 41.6 Å². The Morgan fingerprint density at radius 2 is 2.14 bits per heavy atom. The van der Waals surface area contributed by atoms with Crippen LogP contribution in [0.2, 0.25) is 0 Å². The highest BCUT2D eigenvalue weighted by Crippen LogP contribution is 2.48. The Labute approximate surface area is 127 Å². The normalized spacial score (nSPS) is 42.0. The molecule has 3 fully saturated rings. The van der Waals surface area contributed by atoms with Gasteiger partial charge in [-0.3, -0.25) is 4.79 Å². The van der Waals surface area contributed by atoms with E-state index in [-0.39, 0.29) is 32.4 Å². The molecule has 2 saturated carbocycles. The first kappa shape index (κ1) is 14.8. The van der Waals surface area contributed by atoms with Crippen molar-refractivity contribution in [3.8, 4) is 6.07 Å². The van der Waals surface area contributed by atoms with Crippen LogP contribution < -0.4 is 5.32 Å².